The first-order chi connectivity index (χ1) is 7.79. The number of piperidine rings is 1. The number of halogens is 3. The van der Waals surface area contributed by atoms with Gasteiger partial charge in [-0.05, 0) is 12.8 Å². The highest BCUT2D eigenvalue weighted by Gasteiger charge is 2.30. The van der Waals surface area contributed by atoms with Crippen molar-refractivity contribution in [2.24, 2.45) is 11.7 Å². The first kappa shape index (κ1) is 13.6. The second kappa shape index (κ2) is 5.24. The van der Waals surface area contributed by atoms with Crippen LogP contribution in [0.4, 0.5) is 18.0 Å². The van der Waals surface area contributed by atoms with Gasteiger partial charge in [0.05, 0.1) is 5.84 Å². The summed E-state index contributed by atoms with van der Waals surface area (Å²) in [5, 5.41) is 9.06. The van der Waals surface area contributed by atoms with E-state index in [1.54, 1.807) is 5.32 Å². The van der Waals surface area contributed by atoms with Crippen molar-refractivity contribution in [3.63, 3.8) is 0 Å². The Hall–Kier alpha value is -1.47. The molecule has 4 N–H and O–H groups in total. The molecule has 2 amide bonds. The van der Waals surface area contributed by atoms with E-state index in [0.717, 1.165) is 0 Å². The van der Waals surface area contributed by atoms with Crippen LogP contribution in [0.25, 0.3) is 0 Å². The number of nitrogens with two attached hydrogens (primary N) is 1. The molecule has 0 saturated carbocycles. The molecule has 0 aromatic heterocycles. The summed E-state index contributed by atoms with van der Waals surface area (Å²) in [5.74, 6) is -0.279. The summed E-state index contributed by atoms with van der Waals surface area (Å²) in [5.41, 5.74) is 5.32. The molecule has 0 spiro atoms. The van der Waals surface area contributed by atoms with Crippen LogP contribution in [-0.2, 0) is 0 Å². The van der Waals surface area contributed by atoms with Crippen LogP contribution >= 0.6 is 0 Å². The lowest BCUT2D eigenvalue weighted by atomic mass is 9.97. The summed E-state index contributed by atoms with van der Waals surface area (Å²) in [7, 11) is 0. The van der Waals surface area contributed by atoms with Gasteiger partial charge in [0.25, 0.3) is 0 Å². The van der Waals surface area contributed by atoms with Crippen LogP contribution in [0.1, 0.15) is 12.8 Å². The summed E-state index contributed by atoms with van der Waals surface area (Å²) < 4.78 is 35.7. The SMILES string of the molecule is N=C(N)C1CCCN(C(=O)NCC(F)(F)F)C1. The third-order valence-electron chi connectivity index (χ3n) is 2.59. The number of amides is 2. The third kappa shape index (κ3) is 4.49. The molecule has 8 heteroatoms. The van der Waals surface area contributed by atoms with E-state index >= 15 is 0 Å². The summed E-state index contributed by atoms with van der Waals surface area (Å²) in [6, 6.07) is -0.756. The van der Waals surface area contributed by atoms with Crippen LogP contribution in [0.2, 0.25) is 0 Å². The summed E-state index contributed by atoms with van der Waals surface area (Å²) >= 11 is 0. The maximum atomic E-state index is 11.9. The zero-order valence-corrected chi connectivity index (χ0v) is 9.18. The van der Waals surface area contributed by atoms with Crippen molar-refractivity contribution in [3.8, 4) is 0 Å². The summed E-state index contributed by atoms with van der Waals surface area (Å²) in [6.45, 7) is -0.737. The molecule has 1 fully saturated rings. The molecule has 98 valence electrons. The fourth-order valence-electron chi connectivity index (χ4n) is 1.70. The van der Waals surface area contributed by atoms with Crippen LogP contribution in [0.15, 0.2) is 0 Å². The van der Waals surface area contributed by atoms with E-state index in [1.165, 1.54) is 4.90 Å². The Bertz CT molecular complexity index is 305. The topological polar surface area (TPSA) is 82.2 Å². The molecule has 5 nitrogen and oxygen atoms in total. The lowest BCUT2D eigenvalue weighted by molar-refractivity contribution is -0.123. The zero-order chi connectivity index (χ0) is 13.1. The van der Waals surface area contributed by atoms with Gasteiger partial charge in [0.2, 0.25) is 0 Å². The van der Waals surface area contributed by atoms with Crippen LogP contribution in [0.3, 0.4) is 0 Å². The number of rotatable bonds is 2. The van der Waals surface area contributed by atoms with Gasteiger partial charge in [-0.3, -0.25) is 5.41 Å². The Morgan fingerprint density at radius 3 is 2.71 bits per heavy atom. The molecule has 1 rings (SSSR count). The molecule has 17 heavy (non-hydrogen) atoms. The Labute approximate surface area is 96.6 Å². The molecule has 1 aliphatic heterocycles. The molecule has 0 aromatic carbocycles. The normalized spacial score (nSPS) is 21.1. The number of carbonyl (C=O) groups excluding carboxylic acids is 1. The second-order valence-corrected chi connectivity index (χ2v) is 4.01. The lowest BCUT2D eigenvalue weighted by Gasteiger charge is -2.32. The molecule has 0 bridgehead atoms. The molecule has 1 aliphatic rings. The van der Waals surface area contributed by atoms with Gasteiger partial charge in [-0.25, -0.2) is 4.79 Å². The van der Waals surface area contributed by atoms with Crippen molar-refractivity contribution in [3.05, 3.63) is 0 Å². The average molecular weight is 252 g/mol. The van der Waals surface area contributed by atoms with Gasteiger partial charge >= 0.3 is 12.2 Å². The van der Waals surface area contributed by atoms with E-state index < -0.39 is 18.8 Å². The number of nitrogens with zero attached hydrogens (tertiary/aromatic N) is 1. The van der Waals surface area contributed by atoms with Crippen molar-refractivity contribution < 1.29 is 18.0 Å². The minimum Gasteiger partial charge on any atom is -0.387 e. The number of nitrogens with one attached hydrogen (secondary N) is 2. The molecular weight excluding hydrogens is 237 g/mol. The highest BCUT2D eigenvalue weighted by atomic mass is 19.4. The van der Waals surface area contributed by atoms with Crippen molar-refractivity contribution in [1.82, 2.24) is 10.2 Å². The Kier molecular flexibility index (Phi) is 4.19. The number of carbonyl (C=O) groups is 1. The van der Waals surface area contributed by atoms with Crippen molar-refractivity contribution in [2.45, 2.75) is 19.0 Å². The van der Waals surface area contributed by atoms with Crippen molar-refractivity contribution in [1.29, 1.82) is 5.41 Å². The Morgan fingerprint density at radius 2 is 2.18 bits per heavy atom. The first-order valence-electron chi connectivity index (χ1n) is 5.23. The largest absolute Gasteiger partial charge is 0.405 e. The molecule has 0 radical (unpaired) electrons. The number of alkyl halides is 3. The lowest BCUT2D eigenvalue weighted by Crippen LogP contribution is -2.49. The summed E-state index contributed by atoms with van der Waals surface area (Å²) in [6.07, 6.45) is -3.08. The van der Waals surface area contributed by atoms with Gasteiger partial charge in [0.1, 0.15) is 6.54 Å². The zero-order valence-electron chi connectivity index (χ0n) is 9.18. The molecule has 0 aromatic rings. The maximum Gasteiger partial charge on any atom is 0.405 e. The number of hydrogen-bond donors (Lipinski definition) is 3. The first-order valence-corrected chi connectivity index (χ1v) is 5.23. The van der Waals surface area contributed by atoms with Gasteiger partial charge in [0.15, 0.2) is 0 Å². The highest BCUT2D eigenvalue weighted by Crippen LogP contribution is 2.17. The Balaban J connectivity index is 2.44. The quantitative estimate of drug-likeness (QED) is 0.504. The van der Waals surface area contributed by atoms with Crippen LogP contribution < -0.4 is 11.1 Å². The van der Waals surface area contributed by atoms with Gasteiger partial charge in [-0.2, -0.15) is 13.2 Å². The molecular formula is C9H15F3N4O. The predicted molar refractivity (Wildman–Crippen MR) is 55.7 cm³/mol. The smallest absolute Gasteiger partial charge is 0.387 e. The number of hydrogen-bond acceptors (Lipinski definition) is 2. The Morgan fingerprint density at radius 1 is 1.53 bits per heavy atom. The van der Waals surface area contributed by atoms with Crippen LogP contribution in [-0.4, -0.2) is 42.6 Å². The van der Waals surface area contributed by atoms with E-state index in [1.807, 2.05) is 0 Å². The van der Waals surface area contributed by atoms with E-state index in [9.17, 15) is 18.0 Å². The van der Waals surface area contributed by atoms with E-state index in [2.05, 4.69) is 0 Å². The van der Waals surface area contributed by atoms with E-state index in [0.29, 0.717) is 19.4 Å². The number of urea groups is 1. The maximum absolute atomic E-state index is 11.9. The summed E-state index contributed by atoms with van der Waals surface area (Å²) in [4.78, 5) is 12.7. The fraction of sp³-hybridized carbons (Fsp3) is 0.778. The van der Waals surface area contributed by atoms with Crippen molar-refractivity contribution >= 4 is 11.9 Å². The minimum atomic E-state index is -4.41. The van der Waals surface area contributed by atoms with Crippen LogP contribution in [0.5, 0.6) is 0 Å². The molecule has 0 aliphatic carbocycles. The monoisotopic (exact) mass is 252 g/mol. The van der Waals surface area contributed by atoms with Gasteiger partial charge < -0.3 is 16.0 Å². The van der Waals surface area contributed by atoms with E-state index in [4.69, 9.17) is 11.1 Å². The molecule has 1 unspecified atom stereocenters. The third-order valence-corrected chi connectivity index (χ3v) is 2.59. The standard InChI is InChI=1S/C9H15F3N4O/c10-9(11,12)5-15-8(17)16-3-1-2-6(4-16)7(13)14/h6H,1-5H2,(H3,13,14)(H,15,17). The predicted octanol–water partition coefficient (Wildman–Crippen LogP) is 0.906. The van der Waals surface area contributed by atoms with Gasteiger partial charge in [0, 0.05) is 19.0 Å². The van der Waals surface area contributed by atoms with Gasteiger partial charge in [-0.1, -0.05) is 0 Å². The number of likely N-dealkylation sites (tertiary alicyclic amines) is 1. The van der Waals surface area contributed by atoms with E-state index in [-0.39, 0.29) is 18.3 Å². The molecule has 1 heterocycles. The molecule has 1 atom stereocenters. The van der Waals surface area contributed by atoms with Crippen molar-refractivity contribution in [2.75, 3.05) is 19.6 Å². The fourth-order valence-corrected chi connectivity index (χ4v) is 1.70. The molecule has 1 saturated heterocycles. The minimum absolute atomic E-state index is 0.0293. The highest BCUT2D eigenvalue weighted by molar-refractivity contribution is 5.81. The van der Waals surface area contributed by atoms with Crippen LogP contribution in [0, 0.1) is 11.3 Å². The second-order valence-electron chi connectivity index (χ2n) is 4.01. The van der Waals surface area contributed by atoms with Gasteiger partial charge in [-0.15, -0.1) is 0 Å². The number of amidine groups is 1. The average Bonchev–Trinajstić information content (AvgIpc) is 2.25.